The summed E-state index contributed by atoms with van der Waals surface area (Å²) >= 11 is 5.55. The van der Waals surface area contributed by atoms with Crippen molar-refractivity contribution in [3.8, 4) is 0 Å². The molecular weight excluding hydrogens is 238 g/mol. The summed E-state index contributed by atoms with van der Waals surface area (Å²) in [5, 5.41) is 2.95. The summed E-state index contributed by atoms with van der Waals surface area (Å²) in [7, 11) is 0. The first kappa shape index (κ1) is 13.2. The van der Waals surface area contributed by atoms with E-state index in [1.807, 2.05) is 0 Å². The third-order valence-electron chi connectivity index (χ3n) is 3.90. The molecule has 0 radical (unpaired) electrons. The van der Waals surface area contributed by atoms with Crippen LogP contribution >= 0.6 is 11.6 Å². The second-order valence-corrected chi connectivity index (χ2v) is 5.64. The van der Waals surface area contributed by atoms with Crippen LogP contribution in [0.1, 0.15) is 51.4 Å². The molecule has 2 fully saturated rings. The molecule has 1 heterocycles. The molecule has 0 aromatic carbocycles. The van der Waals surface area contributed by atoms with Gasteiger partial charge in [-0.05, 0) is 44.9 Å². The lowest BCUT2D eigenvalue weighted by Gasteiger charge is -2.47. The molecule has 0 bridgehead atoms. The van der Waals surface area contributed by atoms with E-state index < -0.39 is 0 Å². The second kappa shape index (κ2) is 6.05. The fourth-order valence-corrected chi connectivity index (χ4v) is 2.88. The fraction of sp³-hybridized carbons (Fsp3) is 0.923. The molecule has 1 N–H and O–H groups in total. The molecule has 3 nitrogen and oxygen atoms in total. The van der Waals surface area contributed by atoms with Gasteiger partial charge in [0.05, 0.1) is 11.7 Å². The van der Waals surface area contributed by atoms with Crippen molar-refractivity contribution in [3.05, 3.63) is 0 Å². The van der Waals surface area contributed by atoms with Gasteiger partial charge in [0.1, 0.15) is 0 Å². The van der Waals surface area contributed by atoms with E-state index in [2.05, 4.69) is 5.32 Å². The van der Waals surface area contributed by atoms with Crippen molar-refractivity contribution in [3.63, 3.8) is 0 Å². The highest BCUT2D eigenvalue weighted by Crippen LogP contribution is 2.43. The van der Waals surface area contributed by atoms with Gasteiger partial charge in [0.15, 0.2) is 0 Å². The van der Waals surface area contributed by atoms with E-state index in [1.165, 1.54) is 32.1 Å². The summed E-state index contributed by atoms with van der Waals surface area (Å²) in [5.74, 6) is 0.652. The van der Waals surface area contributed by atoms with Crippen LogP contribution in [0.4, 0.5) is 0 Å². The number of rotatable bonds is 5. The minimum atomic E-state index is 0.0995. The van der Waals surface area contributed by atoms with Crippen LogP contribution in [0, 0.1) is 0 Å². The smallest absolute Gasteiger partial charge is 0.220 e. The number of hydrogen-bond donors (Lipinski definition) is 1. The van der Waals surface area contributed by atoms with Crippen LogP contribution in [0.5, 0.6) is 0 Å². The van der Waals surface area contributed by atoms with E-state index in [0.717, 1.165) is 12.8 Å². The van der Waals surface area contributed by atoms with Crippen molar-refractivity contribution in [2.75, 3.05) is 12.4 Å². The first-order valence-electron chi connectivity index (χ1n) is 6.75. The molecule has 1 saturated carbocycles. The van der Waals surface area contributed by atoms with Crippen molar-refractivity contribution >= 4 is 17.5 Å². The number of amides is 1. The highest BCUT2D eigenvalue weighted by atomic mass is 35.5. The number of ether oxygens (including phenoxy) is 1. The van der Waals surface area contributed by atoms with Crippen LogP contribution in [0.3, 0.4) is 0 Å². The van der Waals surface area contributed by atoms with Crippen LogP contribution < -0.4 is 5.32 Å². The van der Waals surface area contributed by atoms with E-state index in [4.69, 9.17) is 16.3 Å². The van der Waals surface area contributed by atoms with Crippen molar-refractivity contribution in [2.24, 2.45) is 0 Å². The minimum absolute atomic E-state index is 0.0995. The zero-order valence-corrected chi connectivity index (χ0v) is 11.1. The average molecular weight is 260 g/mol. The van der Waals surface area contributed by atoms with Gasteiger partial charge in [0.2, 0.25) is 5.91 Å². The van der Waals surface area contributed by atoms with Gasteiger partial charge in [-0.3, -0.25) is 4.79 Å². The van der Waals surface area contributed by atoms with Gasteiger partial charge in [-0.1, -0.05) is 0 Å². The average Bonchev–Trinajstić information content (AvgIpc) is 2.32. The maximum Gasteiger partial charge on any atom is 0.220 e. The molecule has 0 aromatic heterocycles. The Kier molecular flexibility index (Phi) is 4.69. The Hall–Kier alpha value is -0.280. The fourth-order valence-electron chi connectivity index (χ4n) is 2.75. The molecule has 1 saturated heterocycles. The third-order valence-corrected chi connectivity index (χ3v) is 4.17. The lowest BCUT2D eigenvalue weighted by molar-refractivity contribution is -0.168. The van der Waals surface area contributed by atoms with Crippen LogP contribution in [0.25, 0.3) is 0 Å². The SMILES string of the molecule is O=C(CCCCl)NCC1CCCC2(CCC2)O1. The Morgan fingerprint density at radius 3 is 2.76 bits per heavy atom. The van der Waals surface area contributed by atoms with Crippen molar-refractivity contribution in [2.45, 2.75) is 63.1 Å². The van der Waals surface area contributed by atoms with E-state index >= 15 is 0 Å². The predicted octanol–water partition coefficient (Wildman–Crippen LogP) is 2.61. The number of hydrogen-bond acceptors (Lipinski definition) is 2. The van der Waals surface area contributed by atoms with Gasteiger partial charge < -0.3 is 10.1 Å². The summed E-state index contributed by atoms with van der Waals surface area (Å²) in [6, 6.07) is 0. The maximum absolute atomic E-state index is 11.5. The Balaban J connectivity index is 1.66. The Morgan fingerprint density at radius 2 is 2.12 bits per heavy atom. The standard InChI is InChI=1S/C13H22ClNO2/c14-9-2-5-12(16)15-10-11-4-1-6-13(17-11)7-3-8-13/h11H,1-10H2,(H,15,16). The van der Waals surface area contributed by atoms with Gasteiger partial charge in [-0.15, -0.1) is 11.6 Å². The summed E-state index contributed by atoms with van der Waals surface area (Å²) in [5.41, 5.74) is 0.184. The normalized spacial score (nSPS) is 26.5. The second-order valence-electron chi connectivity index (χ2n) is 5.27. The summed E-state index contributed by atoms with van der Waals surface area (Å²) in [6.07, 6.45) is 8.76. The molecule has 2 rings (SSSR count). The first-order chi connectivity index (χ1) is 8.24. The van der Waals surface area contributed by atoms with E-state index in [-0.39, 0.29) is 17.6 Å². The molecule has 1 spiro atoms. The monoisotopic (exact) mass is 259 g/mol. The zero-order chi connectivity index (χ0) is 12.1. The van der Waals surface area contributed by atoms with Gasteiger partial charge in [-0.2, -0.15) is 0 Å². The molecular formula is C13H22ClNO2. The largest absolute Gasteiger partial charge is 0.370 e. The molecule has 2 aliphatic rings. The van der Waals surface area contributed by atoms with Gasteiger partial charge in [-0.25, -0.2) is 0 Å². The lowest BCUT2D eigenvalue weighted by Crippen LogP contribution is -2.49. The van der Waals surface area contributed by atoms with Crippen molar-refractivity contribution in [1.82, 2.24) is 5.32 Å². The number of alkyl halides is 1. The zero-order valence-electron chi connectivity index (χ0n) is 10.3. The number of carbonyl (C=O) groups is 1. The number of carbonyl (C=O) groups excluding carboxylic acids is 1. The minimum Gasteiger partial charge on any atom is -0.370 e. The molecule has 1 aliphatic carbocycles. The van der Waals surface area contributed by atoms with Crippen LogP contribution in [0.2, 0.25) is 0 Å². The molecule has 98 valence electrons. The Bertz CT molecular complexity index is 266. The Labute approximate surface area is 108 Å². The molecule has 1 unspecified atom stereocenters. The van der Waals surface area contributed by atoms with Gasteiger partial charge in [0, 0.05) is 18.8 Å². The van der Waals surface area contributed by atoms with Crippen molar-refractivity contribution < 1.29 is 9.53 Å². The molecule has 1 atom stereocenters. The van der Waals surface area contributed by atoms with Gasteiger partial charge >= 0.3 is 0 Å². The quantitative estimate of drug-likeness (QED) is 0.771. The summed E-state index contributed by atoms with van der Waals surface area (Å²) in [4.78, 5) is 11.5. The summed E-state index contributed by atoms with van der Waals surface area (Å²) < 4.78 is 6.12. The highest BCUT2D eigenvalue weighted by molar-refractivity contribution is 6.17. The van der Waals surface area contributed by atoms with Crippen molar-refractivity contribution in [1.29, 1.82) is 0 Å². The molecule has 17 heavy (non-hydrogen) atoms. The van der Waals surface area contributed by atoms with Crippen LogP contribution in [-0.4, -0.2) is 30.0 Å². The lowest BCUT2D eigenvalue weighted by atomic mass is 9.74. The molecule has 4 heteroatoms. The summed E-state index contributed by atoms with van der Waals surface area (Å²) in [6.45, 7) is 0.670. The van der Waals surface area contributed by atoms with Crippen LogP contribution in [0.15, 0.2) is 0 Å². The maximum atomic E-state index is 11.5. The predicted molar refractivity (Wildman–Crippen MR) is 68.3 cm³/mol. The highest BCUT2D eigenvalue weighted by Gasteiger charge is 2.42. The third kappa shape index (κ3) is 3.59. The Morgan fingerprint density at radius 1 is 1.35 bits per heavy atom. The first-order valence-corrected chi connectivity index (χ1v) is 7.28. The van der Waals surface area contributed by atoms with E-state index in [1.54, 1.807) is 0 Å². The van der Waals surface area contributed by atoms with E-state index in [9.17, 15) is 4.79 Å². The topological polar surface area (TPSA) is 38.3 Å². The molecule has 1 amide bonds. The molecule has 0 aromatic rings. The van der Waals surface area contributed by atoms with Gasteiger partial charge in [0.25, 0.3) is 0 Å². The number of halogens is 1. The van der Waals surface area contributed by atoms with Crippen LogP contribution in [-0.2, 0) is 9.53 Å². The number of nitrogens with one attached hydrogen (secondary N) is 1. The van der Waals surface area contributed by atoms with E-state index in [0.29, 0.717) is 18.8 Å². The molecule has 1 aliphatic heterocycles.